The molecule has 3 rings (SSSR count). The smallest absolute Gasteiger partial charge is 0.196 e. The highest BCUT2D eigenvalue weighted by molar-refractivity contribution is 7.98. The van der Waals surface area contributed by atoms with Crippen LogP contribution in [0.4, 0.5) is 0 Å². The van der Waals surface area contributed by atoms with Gasteiger partial charge in [-0.3, -0.25) is 4.57 Å². The summed E-state index contributed by atoms with van der Waals surface area (Å²) < 4.78 is 7.32. The van der Waals surface area contributed by atoms with Gasteiger partial charge in [0.15, 0.2) is 11.0 Å². The predicted molar refractivity (Wildman–Crippen MR) is 101 cm³/mol. The van der Waals surface area contributed by atoms with Crippen molar-refractivity contribution in [1.82, 2.24) is 14.8 Å². The Kier molecular flexibility index (Phi) is 5.40. The first kappa shape index (κ1) is 17.5. The maximum atomic E-state index is 6.09. The molecule has 5 nitrogen and oxygen atoms in total. The quantitative estimate of drug-likeness (QED) is 0.680. The average molecular weight is 354 g/mol. The molecule has 2 aromatic carbocycles. The number of hydrogen-bond acceptors (Lipinski definition) is 5. The summed E-state index contributed by atoms with van der Waals surface area (Å²) in [5, 5.41) is 9.49. The number of aromatic nitrogens is 3. The topological polar surface area (TPSA) is 66.0 Å². The summed E-state index contributed by atoms with van der Waals surface area (Å²) in [6.07, 6.45) is 0. The molecule has 0 spiro atoms. The first-order valence-electron chi connectivity index (χ1n) is 8.12. The van der Waals surface area contributed by atoms with E-state index in [0.29, 0.717) is 0 Å². The van der Waals surface area contributed by atoms with Crippen molar-refractivity contribution in [3.8, 4) is 11.4 Å². The molecule has 2 N–H and O–H groups in total. The van der Waals surface area contributed by atoms with Crippen LogP contribution in [-0.4, -0.2) is 21.9 Å². The van der Waals surface area contributed by atoms with Crippen LogP contribution in [0.2, 0.25) is 0 Å². The lowest BCUT2D eigenvalue weighted by Crippen LogP contribution is -2.13. The van der Waals surface area contributed by atoms with E-state index in [9.17, 15) is 0 Å². The Bertz CT molecular complexity index is 843. The molecule has 1 atom stereocenters. The standard InChI is InChI=1S/C19H22N4OS/c1-13-7-9-16(10-8-13)23-18(14(2)20)21-22-19(23)25-12-15-5-4-6-17(11-15)24-3/h4-11,14H,12,20H2,1-3H3. The summed E-state index contributed by atoms with van der Waals surface area (Å²) in [5.41, 5.74) is 9.50. The molecule has 25 heavy (non-hydrogen) atoms. The first-order valence-corrected chi connectivity index (χ1v) is 9.10. The lowest BCUT2D eigenvalue weighted by molar-refractivity contribution is 0.414. The molecule has 1 aromatic heterocycles. The molecule has 0 bridgehead atoms. The van der Waals surface area contributed by atoms with Gasteiger partial charge in [0, 0.05) is 11.4 Å². The Hall–Kier alpha value is -2.31. The highest BCUT2D eigenvalue weighted by Crippen LogP contribution is 2.28. The van der Waals surface area contributed by atoms with E-state index in [4.69, 9.17) is 10.5 Å². The third-order valence-corrected chi connectivity index (χ3v) is 4.86. The number of ether oxygens (including phenoxy) is 1. The number of benzene rings is 2. The zero-order valence-electron chi connectivity index (χ0n) is 14.6. The predicted octanol–water partition coefficient (Wildman–Crippen LogP) is 3.90. The van der Waals surface area contributed by atoms with Crippen LogP contribution in [0.5, 0.6) is 5.75 Å². The van der Waals surface area contributed by atoms with Gasteiger partial charge in [-0.2, -0.15) is 0 Å². The van der Waals surface area contributed by atoms with Crippen molar-refractivity contribution >= 4 is 11.8 Å². The minimum atomic E-state index is -0.194. The zero-order chi connectivity index (χ0) is 17.8. The van der Waals surface area contributed by atoms with Gasteiger partial charge in [0.2, 0.25) is 0 Å². The summed E-state index contributed by atoms with van der Waals surface area (Å²) in [6.45, 7) is 3.99. The normalized spacial score (nSPS) is 12.2. The fourth-order valence-corrected chi connectivity index (χ4v) is 3.42. The summed E-state index contributed by atoms with van der Waals surface area (Å²) in [7, 11) is 1.68. The number of hydrogen-bond donors (Lipinski definition) is 1. The zero-order valence-corrected chi connectivity index (χ0v) is 15.5. The Labute approximate surface area is 152 Å². The van der Waals surface area contributed by atoms with Gasteiger partial charge in [-0.05, 0) is 43.7 Å². The van der Waals surface area contributed by atoms with Crippen LogP contribution in [0.1, 0.15) is 29.9 Å². The van der Waals surface area contributed by atoms with Gasteiger partial charge in [0.1, 0.15) is 5.75 Å². The lowest BCUT2D eigenvalue weighted by Gasteiger charge is -2.12. The van der Waals surface area contributed by atoms with Crippen LogP contribution in [0.15, 0.2) is 53.7 Å². The van der Waals surface area contributed by atoms with Crippen LogP contribution < -0.4 is 10.5 Å². The van der Waals surface area contributed by atoms with E-state index < -0.39 is 0 Å². The maximum Gasteiger partial charge on any atom is 0.196 e. The van der Waals surface area contributed by atoms with Crippen LogP contribution in [0.3, 0.4) is 0 Å². The molecule has 0 fully saturated rings. The van der Waals surface area contributed by atoms with Crippen LogP contribution in [-0.2, 0) is 5.75 Å². The molecule has 0 amide bonds. The average Bonchev–Trinajstić information content (AvgIpc) is 3.05. The minimum absolute atomic E-state index is 0.194. The Balaban J connectivity index is 1.89. The molecule has 3 aromatic rings. The molecule has 1 unspecified atom stereocenters. The number of thioether (sulfide) groups is 1. The molecule has 0 aliphatic carbocycles. The molecule has 1 heterocycles. The van der Waals surface area contributed by atoms with E-state index in [0.717, 1.165) is 28.2 Å². The highest BCUT2D eigenvalue weighted by Gasteiger charge is 2.17. The Morgan fingerprint density at radius 3 is 2.60 bits per heavy atom. The summed E-state index contributed by atoms with van der Waals surface area (Å²) in [4.78, 5) is 0. The number of nitrogens with two attached hydrogens (primary N) is 1. The number of nitrogens with zero attached hydrogens (tertiary/aromatic N) is 3. The SMILES string of the molecule is COc1cccc(CSc2nnc(C(C)N)n2-c2ccc(C)cc2)c1. The van der Waals surface area contributed by atoms with Gasteiger partial charge < -0.3 is 10.5 Å². The first-order chi connectivity index (χ1) is 12.1. The third kappa shape index (κ3) is 4.03. The van der Waals surface area contributed by atoms with Crippen molar-refractivity contribution < 1.29 is 4.74 Å². The molecule has 0 saturated heterocycles. The van der Waals surface area contributed by atoms with E-state index in [-0.39, 0.29) is 6.04 Å². The Morgan fingerprint density at radius 1 is 1.16 bits per heavy atom. The second kappa shape index (κ2) is 7.72. The van der Waals surface area contributed by atoms with Crippen molar-refractivity contribution in [2.24, 2.45) is 5.73 Å². The van der Waals surface area contributed by atoms with Crippen LogP contribution in [0.25, 0.3) is 5.69 Å². The van der Waals surface area contributed by atoms with Gasteiger partial charge in [-0.15, -0.1) is 10.2 Å². The van der Waals surface area contributed by atoms with E-state index >= 15 is 0 Å². The molecule has 0 saturated carbocycles. The largest absolute Gasteiger partial charge is 0.497 e. The summed E-state index contributed by atoms with van der Waals surface area (Å²) in [6, 6.07) is 16.2. The molecule has 0 aliphatic rings. The molecular formula is C19H22N4OS. The molecule has 0 aliphatic heterocycles. The monoisotopic (exact) mass is 354 g/mol. The number of rotatable bonds is 6. The van der Waals surface area contributed by atoms with Crippen molar-refractivity contribution in [2.45, 2.75) is 30.8 Å². The highest BCUT2D eigenvalue weighted by atomic mass is 32.2. The summed E-state index contributed by atoms with van der Waals surface area (Å²) >= 11 is 1.63. The second-order valence-corrected chi connectivity index (χ2v) is 6.88. The van der Waals surface area contributed by atoms with E-state index in [1.54, 1.807) is 18.9 Å². The van der Waals surface area contributed by atoms with Gasteiger partial charge in [0.25, 0.3) is 0 Å². The lowest BCUT2D eigenvalue weighted by atomic mass is 10.2. The van der Waals surface area contributed by atoms with Crippen LogP contribution >= 0.6 is 11.8 Å². The molecule has 130 valence electrons. The van der Waals surface area contributed by atoms with Crippen LogP contribution in [0, 0.1) is 6.92 Å². The van der Waals surface area contributed by atoms with E-state index in [2.05, 4.69) is 47.5 Å². The van der Waals surface area contributed by atoms with E-state index in [1.165, 1.54) is 11.1 Å². The molecule has 0 radical (unpaired) electrons. The Morgan fingerprint density at radius 2 is 1.92 bits per heavy atom. The van der Waals surface area contributed by atoms with Crippen molar-refractivity contribution in [1.29, 1.82) is 0 Å². The van der Waals surface area contributed by atoms with Crippen molar-refractivity contribution in [3.63, 3.8) is 0 Å². The third-order valence-electron chi connectivity index (χ3n) is 3.86. The fourth-order valence-electron chi connectivity index (χ4n) is 2.52. The van der Waals surface area contributed by atoms with Crippen molar-refractivity contribution in [3.05, 3.63) is 65.5 Å². The van der Waals surface area contributed by atoms with Crippen molar-refractivity contribution in [2.75, 3.05) is 7.11 Å². The van der Waals surface area contributed by atoms with Gasteiger partial charge in [-0.1, -0.05) is 41.6 Å². The van der Waals surface area contributed by atoms with Gasteiger partial charge in [0.05, 0.1) is 13.2 Å². The molecule has 6 heteroatoms. The summed E-state index contributed by atoms with van der Waals surface area (Å²) in [5.74, 6) is 2.39. The fraction of sp³-hybridized carbons (Fsp3) is 0.263. The maximum absolute atomic E-state index is 6.09. The van der Waals surface area contributed by atoms with E-state index in [1.807, 2.05) is 29.7 Å². The molecular weight excluding hydrogens is 332 g/mol. The number of aryl methyl sites for hydroxylation is 1. The minimum Gasteiger partial charge on any atom is -0.497 e. The second-order valence-electron chi connectivity index (χ2n) is 5.94. The number of methoxy groups -OCH3 is 1. The van der Waals surface area contributed by atoms with Gasteiger partial charge in [-0.25, -0.2) is 0 Å². The van der Waals surface area contributed by atoms with Gasteiger partial charge >= 0.3 is 0 Å².